The van der Waals surface area contributed by atoms with Crippen LogP contribution in [0.5, 0.6) is 34.5 Å². The van der Waals surface area contributed by atoms with E-state index in [1.165, 1.54) is 0 Å². The Hall–Kier alpha value is -5.77. The van der Waals surface area contributed by atoms with Crippen LogP contribution < -0.4 is 18.9 Å². The molecule has 0 aromatic heterocycles. The summed E-state index contributed by atoms with van der Waals surface area (Å²) < 4.78 is 22.3. The van der Waals surface area contributed by atoms with Crippen molar-refractivity contribution in [2.24, 2.45) is 9.98 Å². The molecule has 6 aromatic carbocycles. The predicted molar refractivity (Wildman–Crippen MR) is 266 cm³/mol. The zero-order valence-corrected chi connectivity index (χ0v) is 41.0. The number of phenols is 2. The van der Waals surface area contributed by atoms with E-state index in [9.17, 15) is 10.2 Å². The van der Waals surface area contributed by atoms with Crippen molar-refractivity contribution in [2.45, 2.75) is 51.4 Å². The van der Waals surface area contributed by atoms with Crippen molar-refractivity contribution in [3.63, 3.8) is 0 Å². The van der Waals surface area contributed by atoms with Crippen LogP contribution >= 0.6 is 18.6 Å². The third kappa shape index (κ3) is 15.2. The van der Waals surface area contributed by atoms with E-state index in [1.807, 2.05) is 109 Å². The van der Waals surface area contributed by atoms with Gasteiger partial charge in [-0.1, -0.05) is 101 Å². The molecule has 6 aromatic rings. The number of benzene rings is 6. The van der Waals surface area contributed by atoms with E-state index in [-0.39, 0.29) is 11.5 Å². The van der Waals surface area contributed by atoms with E-state index >= 15 is 0 Å². The fraction of sp³-hybridized carbons (Fsp3) is 0.222. The molecule has 0 spiro atoms. The molecular weight excluding hydrogens is 891 g/mol. The first kappa shape index (κ1) is 51.9. The summed E-state index contributed by atoms with van der Waals surface area (Å²) in [6.45, 7) is 16.9. The summed E-state index contributed by atoms with van der Waals surface area (Å²) in [5, 5.41) is 22.1. The summed E-state index contributed by atoms with van der Waals surface area (Å²) in [7, 11) is 13.0. The Bertz CT molecular complexity index is 2290. The number of hydrogen-bond donors (Lipinski definition) is 2. The van der Waals surface area contributed by atoms with E-state index in [2.05, 4.69) is 75.1 Å². The molecule has 6 rings (SSSR count). The molecule has 2 N–H and O–H groups in total. The van der Waals surface area contributed by atoms with E-state index in [0.29, 0.717) is 35.8 Å². The van der Waals surface area contributed by atoms with Gasteiger partial charge in [0, 0.05) is 45.5 Å². The van der Waals surface area contributed by atoms with Crippen molar-refractivity contribution in [3.05, 3.63) is 192 Å². The molecule has 0 heterocycles. The molecule has 0 fully saturated rings. The molecule has 0 aliphatic rings. The molecular formula is C54H58Cl2N2O6Ti. The Morgan fingerprint density at radius 1 is 0.538 bits per heavy atom. The van der Waals surface area contributed by atoms with Crippen LogP contribution in [-0.4, -0.2) is 50.1 Å². The molecule has 65 heavy (non-hydrogen) atoms. The van der Waals surface area contributed by atoms with Crippen molar-refractivity contribution in [1.29, 1.82) is 0 Å². The first-order valence-electron chi connectivity index (χ1n) is 21.0. The Kier molecular flexibility index (Phi) is 21.0. The number of rotatable bonds is 18. The minimum atomic E-state index is -0.556. The molecule has 11 heteroatoms. The van der Waals surface area contributed by atoms with Crippen LogP contribution in [0, 0.1) is 0 Å². The number of ether oxygens (including phenoxy) is 4. The molecule has 0 aliphatic carbocycles. The molecule has 0 saturated heterocycles. The number of hydrogen-bond acceptors (Lipinski definition) is 8. The Labute approximate surface area is 401 Å². The zero-order valence-electron chi connectivity index (χ0n) is 37.9. The van der Waals surface area contributed by atoms with Gasteiger partial charge >= 0.3 is 35.6 Å². The summed E-state index contributed by atoms with van der Waals surface area (Å²) in [5.41, 5.74) is 5.69. The fourth-order valence-electron chi connectivity index (χ4n) is 6.73. The van der Waals surface area contributed by atoms with Gasteiger partial charge in [0.2, 0.25) is 0 Å². The molecule has 0 aliphatic heterocycles. The van der Waals surface area contributed by atoms with Crippen molar-refractivity contribution in [3.8, 4) is 34.5 Å². The third-order valence-electron chi connectivity index (χ3n) is 10.6. The standard InChI is InChI=1S/2C27H29NO3.2ClH.Ti/c2*1-5-6-16-31-23-14-12-22(13-15-23)28-19-20-17-24(30-4)18-25(26(20)29)27(2,3)21-10-8-7-9-11-21;;;/h2*5,7-15,17-19,29H,1,6,16H2,2-4H3;2*1H;/q;;;;+2/p-2. The van der Waals surface area contributed by atoms with Crippen molar-refractivity contribution < 1.29 is 46.2 Å². The second kappa shape index (κ2) is 26.3. The van der Waals surface area contributed by atoms with E-state index in [4.69, 9.17) is 37.6 Å². The summed E-state index contributed by atoms with van der Waals surface area (Å²) >= 11 is -0.556. The third-order valence-corrected chi connectivity index (χ3v) is 10.6. The number of aliphatic imine (C=N–C) groups is 2. The van der Waals surface area contributed by atoms with Crippen molar-refractivity contribution in [1.82, 2.24) is 0 Å². The average molecular weight is 950 g/mol. The molecule has 338 valence electrons. The fourth-order valence-corrected chi connectivity index (χ4v) is 6.73. The SMILES string of the molecule is C=CCCOc1ccc(N=Cc2cc(OC)cc(C(C)(C)c3ccccc3)c2O)cc1.C=CCCOc1ccc(N=Cc2cc(OC)cc(C(C)(C)c3ccccc3)c2O)cc1.[Cl][Ti][Cl]. The Morgan fingerprint density at radius 2 is 0.877 bits per heavy atom. The minimum absolute atomic E-state index is 0.197. The summed E-state index contributed by atoms with van der Waals surface area (Å²) in [6.07, 6.45) is 8.58. The monoisotopic (exact) mass is 948 g/mol. The van der Waals surface area contributed by atoms with Crippen LogP contribution in [0.1, 0.15) is 73.9 Å². The normalized spacial score (nSPS) is 11.1. The number of aromatic hydroxyl groups is 2. The Morgan fingerprint density at radius 3 is 1.18 bits per heavy atom. The topological polar surface area (TPSA) is 102 Å². The van der Waals surface area contributed by atoms with Gasteiger partial charge in [0.05, 0.1) is 38.8 Å². The number of nitrogens with zero attached hydrogens (tertiary/aromatic N) is 2. The summed E-state index contributed by atoms with van der Waals surface area (Å²) in [6, 6.07) is 42.6. The van der Waals surface area contributed by atoms with Gasteiger partial charge in [0.15, 0.2) is 0 Å². The van der Waals surface area contributed by atoms with Crippen molar-refractivity contribution >= 4 is 42.4 Å². The van der Waals surface area contributed by atoms with Crippen LogP contribution in [0.4, 0.5) is 11.4 Å². The molecule has 0 unspecified atom stereocenters. The van der Waals surface area contributed by atoms with Crippen LogP contribution in [0.15, 0.2) is 169 Å². The Balaban J connectivity index is 0.000000268. The van der Waals surface area contributed by atoms with E-state index < -0.39 is 27.9 Å². The van der Waals surface area contributed by atoms with Gasteiger partial charge in [-0.15, -0.1) is 13.2 Å². The number of halogens is 2. The average Bonchev–Trinajstić information content (AvgIpc) is 3.32. The summed E-state index contributed by atoms with van der Waals surface area (Å²) in [4.78, 5) is 9.07. The van der Waals surface area contributed by atoms with Crippen LogP contribution in [0.3, 0.4) is 0 Å². The number of phenolic OH excluding ortho intramolecular Hbond substituents is 2. The van der Waals surface area contributed by atoms with Gasteiger partial charge in [-0.3, -0.25) is 9.98 Å². The van der Waals surface area contributed by atoms with Gasteiger partial charge in [-0.2, -0.15) is 0 Å². The molecule has 0 amide bonds. The zero-order chi connectivity index (χ0) is 47.2. The number of methoxy groups -OCH3 is 2. The molecule has 0 radical (unpaired) electrons. The van der Waals surface area contributed by atoms with Gasteiger partial charge in [0.25, 0.3) is 0 Å². The van der Waals surface area contributed by atoms with E-state index in [0.717, 1.165) is 58.0 Å². The maximum atomic E-state index is 11.1. The molecule has 0 saturated carbocycles. The van der Waals surface area contributed by atoms with Gasteiger partial charge in [-0.25, -0.2) is 0 Å². The first-order chi connectivity index (χ1) is 31.3. The molecule has 0 bridgehead atoms. The van der Waals surface area contributed by atoms with Gasteiger partial charge < -0.3 is 29.2 Å². The van der Waals surface area contributed by atoms with Crippen LogP contribution in [0.25, 0.3) is 0 Å². The maximum absolute atomic E-state index is 11.1. The molecule has 0 atom stereocenters. The quantitative estimate of drug-likeness (QED) is 0.0385. The van der Waals surface area contributed by atoms with E-state index in [1.54, 1.807) is 38.8 Å². The summed E-state index contributed by atoms with van der Waals surface area (Å²) in [5.74, 6) is 3.31. The predicted octanol–water partition coefficient (Wildman–Crippen LogP) is 14.2. The second-order valence-corrected chi connectivity index (χ2v) is 18.2. The van der Waals surface area contributed by atoms with Crippen LogP contribution in [0.2, 0.25) is 0 Å². The van der Waals surface area contributed by atoms with Gasteiger partial charge in [-0.05, 0) is 96.8 Å². The first-order valence-corrected chi connectivity index (χ1v) is 25.3. The molecule has 8 nitrogen and oxygen atoms in total. The second-order valence-electron chi connectivity index (χ2n) is 15.6. The van der Waals surface area contributed by atoms with Gasteiger partial charge in [0.1, 0.15) is 34.5 Å². The van der Waals surface area contributed by atoms with Crippen molar-refractivity contribution in [2.75, 3.05) is 27.4 Å². The van der Waals surface area contributed by atoms with Crippen LogP contribution in [-0.2, 0) is 27.9 Å².